The number of hydrogen-bond donors (Lipinski definition) is 2. The minimum atomic E-state index is -0.324. The van der Waals surface area contributed by atoms with Crippen LogP contribution in [-0.2, 0) is 4.74 Å². The minimum absolute atomic E-state index is 0.0590. The number of ether oxygens (including phenoxy) is 1. The molecule has 1 fully saturated rings. The summed E-state index contributed by atoms with van der Waals surface area (Å²) in [5.41, 5.74) is -0.201. The Balaban J connectivity index is 2.01. The number of H-pyrrole nitrogens is 1. The Hall–Kier alpha value is -1.69. The van der Waals surface area contributed by atoms with E-state index in [9.17, 15) is 9.59 Å². The third kappa shape index (κ3) is 2.15. The maximum Gasteiger partial charge on any atom is 0.271 e. The van der Waals surface area contributed by atoms with Gasteiger partial charge in [0.15, 0.2) is 0 Å². The van der Waals surface area contributed by atoms with E-state index in [-0.39, 0.29) is 34.7 Å². The molecule has 1 saturated carbocycles. The van der Waals surface area contributed by atoms with Crippen molar-refractivity contribution < 1.29 is 9.53 Å². The first kappa shape index (κ1) is 12.8. The SMILES string of the molecule is COC1CC(NC(=O)c2ccc(=O)[nH]n2)C1(C)C. The summed E-state index contributed by atoms with van der Waals surface area (Å²) in [6, 6.07) is 2.75. The van der Waals surface area contributed by atoms with Crippen molar-refractivity contribution in [3.63, 3.8) is 0 Å². The summed E-state index contributed by atoms with van der Waals surface area (Å²) < 4.78 is 5.32. The Bertz CT molecular complexity index is 489. The number of aromatic nitrogens is 2. The summed E-state index contributed by atoms with van der Waals surface area (Å²) in [4.78, 5) is 22.8. The third-order valence-electron chi connectivity index (χ3n) is 3.68. The van der Waals surface area contributed by atoms with Gasteiger partial charge in [-0.15, -0.1) is 0 Å². The molecule has 1 aliphatic rings. The molecule has 6 nitrogen and oxygen atoms in total. The van der Waals surface area contributed by atoms with Crippen molar-refractivity contribution in [1.29, 1.82) is 0 Å². The Kier molecular flexibility index (Phi) is 3.21. The van der Waals surface area contributed by atoms with Gasteiger partial charge in [-0.2, -0.15) is 5.10 Å². The van der Waals surface area contributed by atoms with Gasteiger partial charge in [-0.3, -0.25) is 9.59 Å². The van der Waals surface area contributed by atoms with Gasteiger partial charge in [0.1, 0.15) is 5.69 Å². The Morgan fingerprint density at radius 2 is 2.28 bits per heavy atom. The second-order valence-corrected chi connectivity index (χ2v) is 5.11. The average Bonchev–Trinajstić information content (AvgIpc) is 2.34. The van der Waals surface area contributed by atoms with Crippen LogP contribution >= 0.6 is 0 Å². The van der Waals surface area contributed by atoms with Crippen LogP contribution in [0.3, 0.4) is 0 Å². The van der Waals surface area contributed by atoms with E-state index in [0.717, 1.165) is 6.42 Å². The highest BCUT2D eigenvalue weighted by Gasteiger charge is 2.49. The van der Waals surface area contributed by atoms with Gasteiger partial charge in [-0.1, -0.05) is 13.8 Å². The first-order valence-electron chi connectivity index (χ1n) is 5.84. The summed E-state index contributed by atoms with van der Waals surface area (Å²) in [6.07, 6.45) is 0.949. The van der Waals surface area contributed by atoms with Crippen LogP contribution in [0.15, 0.2) is 16.9 Å². The number of amides is 1. The summed E-state index contributed by atoms with van der Waals surface area (Å²) in [7, 11) is 1.67. The third-order valence-corrected chi connectivity index (χ3v) is 3.68. The lowest BCUT2D eigenvalue weighted by atomic mass is 9.64. The van der Waals surface area contributed by atoms with Crippen LogP contribution in [0.25, 0.3) is 0 Å². The van der Waals surface area contributed by atoms with Crippen molar-refractivity contribution in [2.24, 2.45) is 5.41 Å². The van der Waals surface area contributed by atoms with Crippen LogP contribution in [0, 0.1) is 5.41 Å². The fourth-order valence-corrected chi connectivity index (χ4v) is 2.23. The van der Waals surface area contributed by atoms with Crippen LogP contribution < -0.4 is 10.9 Å². The highest BCUT2D eigenvalue weighted by Crippen LogP contribution is 2.42. The quantitative estimate of drug-likeness (QED) is 0.810. The molecule has 0 spiro atoms. The van der Waals surface area contributed by atoms with E-state index in [0.29, 0.717) is 0 Å². The van der Waals surface area contributed by atoms with E-state index in [1.807, 2.05) is 0 Å². The van der Waals surface area contributed by atoms with Crippen LogP contribution in [-0.4, -0.2) is 35.4 Å². The molecule has 1 heterocycles. The summed E-state index contributed by atoms with van der Waals surface area (Å²) in [5.74, 6) is -0.279. The van der Waals surface area contributed by atoms with E-state index in [1.165, 1.54) is 12.1 Å². The highest BCUT2D eigenvalue weighted by molar-refractivity contribution is 5.92. The van der Waals surface area contributed by atoms with Gasteiger partial charge >= 0.3 is 0 Å². The molecule has 2 unspecified atom stereocenters. The summed E-state index contributed by atoms with van der Waals surface area (Å²) in [6.45, 7) is 4.10. The standard InChI is InChI=1S/C12H17N3O3/c1-12(2)8(6-9(12)18-3)13-11(17)7-4-5-10(16)15-14-7/h4-5,8-9H,6H2,1-3H3,(H,13,17)(H,15,16). The smallest absolute Gasteiger partial charge is 0.271 e. The topological polar surface area (TPSA) is 84.1 Å². The van der Waals surface area contributed by atoms with Crippen molar-refractivity contribution >= 4 is 5.91 Å². The molecule has 0 aliphatic heterocycles. The first-order chi connectivity index (χ1) is 8.45. The predicted octanol–water partition coefficient (Wildman–Crippen LogP) is 0.313. The van der Waals surface area contributed by atoms with Crippen LogP contribution in [0.5, 0.6) is 0 Å². The molecule has 0 radical (unpaired) electrons. The van der Waals surface area contributed by atoms with Crippen LogP contribution in [0.2, 0.25) is 0 Å². The lowest BCUT2D eigenvalue weighted by Crippen LogP contribution is -2.61. The molecular formula is C12H17N3O3. The van der Waals surface area contributed by atoms with Crippen molar-refractivity contribution in [3.05, 3.63) is 28.2 Å². The van der Waals surface area contributed by atoms with E-state index < -0.39 is 0 Å². The molecule has 0 aromatic carbocycles. The largest absolute Gasteiger partial charge is 0.381 e. The lowest BCUT2D eigenvalue weighted by molar-refractivity contribution is -0.0942. The van der Waals surface area contributed by atoms with Gasteiger partial charge in [-0.05, 0) is 12.5 Å². The molecule has 6 heteroatoms. The number of nitrogens with zero attached hydrogens (tertiary/aromatic N) is 1. The van der Waals surface area contributed by atoms with E-state index in [2.05, 4.69) is 29.4 Å². The van der Waals surface area contributed by atoms with Gasteiger partial charge in [-0.25, -0.2) is 5.10 Å². The monoisotopic (exact) mass is 251 g/mol. The number of nitrogens with one attached hydrogen (secondary N) is 2. The van der Waals surface area contributed by atoms with E-state index in [4.69, 9.17) is 4.74 Å². The number of carbonyl (C=O) groups is 1. The molecule has 1 aliphatic carbocycles. The zero-order valence-corrected chi connectivity index (χ0v) is 10.7. The molecule has 18 heavy (non-hydrogen) atoms. The molecule has 98 valence electrons. The van der Waals surface area contributed by atoms with Gasteiger partial charge in [0.25, 0.3) is 11.5 Å². The van der Waals surface area contributed by atoms with Gasteiger partial charge in [0.05, 0.1) is 6.10 Å². The predicted molar refractivity (Wildman–Crippen MR) is 65.3 cm³/mol. The molecule has 1 aromatic heterocycles. The number of carbonyl (C=O) groups excluding carboxylic acids is 1. The van der Waals surface area contributed by atoms with Crippen LogP contribution in [0.1, 0.15) is 30.8 Å². The van der Waals surface area contributed by atoms with Crippen molar-refractivity contribution in [2.45, 2.75) is 32.4 Å². The molecule has 2 atom stereocenters. The van der Waals surface area contributed by atoms with E-state index >= 15 is 0 Å². The van der Waals surface area contributed by atoms with Gasteiger partial charge < -0.3 is 10.1 Å². The Labute approximate surface area is 105 Å². The molecule has 2 N–H and O–H groups in total. The zero-order valence-electron chi connectivity index (χ0n) is 10.7. The first-order valence-corrected chi connectivity index (χ1v) is 5.84. The van der Waals surface area contributed by atoms with Gasteiger partial charge in [0, 0.05) is 24.6 Å². The molecule has 1 aromatic rings. The number of rotatable bonds is 3. The molecular weight excluding hydrogens is 234 g/mol. The maximum atomic E-state index is 11.9. The van der Waals surface area contributed by atoms with Crippen molar-refractivity contribution in [2.75, 3.05) is 7.11 Å². The fraction of sp³-hybridized carbons (Fsp3) is 0.583. The normalized spacial score (nSPS) is 25.3. The summed E-state index contributed by atoms with van der Waals surface area (Å²) >= 11 is 0. The summed E-state index contributed by atoms with van der Waals surface area (Å²) in [5, 5.41) is 8.84. The second-order valence-electron chi connectivity index (χ2n) is 5.11. The number of methoxy groups -OCH3 is 1. The van der Waals surface area contributed by atoms with Crippen LogP contribution in [0.4, 0.5) is 0 Å². The van der Waals surface area contributed by atoms with Crippen molar-refractivity contribution in [3.8, 4) is 0 Å². The Morgan fingerprint density at radius 1 is 1.56 bits per heavy atom. The fourth-order valence-electron chi connectivity index (χ4n) is 2.23. The molecule has 0 saturated heterocycles. The molecule has 1 amide bonds. The molecule has 2 rings (SSSR count). The highest BCUT2D eigenvalue weighted by atomic mass is 16.5. The minimum Gasteiger partial charge on any atom is -0.381 e. The Morgan fingerprint density at radius 3 is 2.78 bits per heavy atom. The lowest BCUT2D eigenvalue weighted by Gasteiger charge is -2.51. The zero-order chi connectivity index (χ0) is 13.3. The average molecular weight is 251 g/mol. The van der Waals surface area contributed by atoms with E-state index in [1.54, 1.807) is 7.11 Å². The molecule has 0 bridgehead atoms. The number of aromatic amines is 1. The van der Waals surface area contributed by atoms with Crippen molar-refractivity contribution in [1.82, 2.24) is 15.5 Å². The maximum absolute atomic E-state index is 11.9. The number of hydrogen-bond acceptors (Lipinski definition) is 4. The second kappa shape index (κ2) is 4.53. The van der Waals surface area contributed by atoms with Gasteiger partial charge in [0.2, 0.25) is 0 Å².